The summed E-state index contributed by atoms with van der Waals surface area (Å²) in [4.78, 5) is 5.58. The van der Waals surface area contributed by atoms with E-state index >= 15 is 0 Å². The second-order valence-corrected chi connectivity index (χ2v) is 12.2. The molecule has 4 heteroatoms. The zero-order chi connectivity index (χ0) is 24.2. The second-order valence-electron chi connectivity index (χ2n) is 12.2. The fraction of sp³-hybridized carbons (Fsp3) is 0.625. The summed E-state index contributed by atoms with van der Waals surface area (Å²) in [7, 11) is 0. The van der Waals surface area contributed by atoms with Crippen LogP contribution in [0.2, 0.25) is 0 Å². The van der Waals surface area contributed by atoms with Crippen LogP contribution in [0, 0.1) is 13.8 Å². The van der Waals surface area contributed by atoms with Crippen LogP contribution in [0.25, 0.3) is 0 Å². The van der Waals surface area contributed by atoms with Gasteiger partial charge in [-0.3, -0.25) is 0 Å². The van der Waals surface area contributed by atoms with Crippen LogP contribution in [0.5, 0.6) is 0 Å². The number of morpholine rings is 2. The molecule has 0 aromatic heterocycles. The van der Waals surface area contributed by atoms with Crippen LogP contribution in [0.4, 0.5) is 11.4 Å². The van der Waals surface area contributed by atoms with Crippen LogP contribution >= 0.6 is 0 Å². The molecule has 0 bridgehead atoms. The largest absolute Gasteiger partial charge is 0.371 e. The Morgan fingerprint density at radius 3 is 1.31 bits per heavy atom. The summed E-state index contributed by atoms with van der Waals surface area (Å²) in [5.41, 5.74) is 5.44. The lowest BCUT2D eigenvalue weighted by atomic mass is 9.76. The minimum Gasteiger partial charge on any atom is -0.371 e. The van der Waals surface area contributed by atoms with Crippen molar-refractivity contribution in [3.63, 3.8) is 0 Å². The van der Waals surface area contributed by atoms with E-state index in [1.165, 1.54) is 73.9 Å². The number of rotatable bonds is 2. The molecule has 0 amide bonds. The first kappa shape index (κ1) is 23.1. The molecule has 4 nitrogen and oxygen atoms in total. The van der Waals surface area contributed by atoms with Gasteiger partial charge in [-0.1, -0.05) is 61.1 Å². The zero-order valence-corrected chi connectivity index (χ0v) is 22.0. The van der Waals surface area contributed by atoms with Gasteiger partial charge < -0.3 is 19.3 Å². The van der Waals surface area contributed by atoms with Crippen molar-refractivity contribution in [2.75, 3.05) is 9.80 Å². The number of ether oxygens (including phenoxy) is 2. The molecule has 192 valence electrons. The predicted octanol–water partition coefficient (Wildman–Crippen LogP) is 6.57. The molecule has 2 aliphatic heterocycles. The molecule has 8 unspecified atom stereocenters. The molecule has 2 saturated heterocycles. The Morgan fingerprint density at radius 1 is 0.500 bits per heavy atom. The van der Waals surface area contributed by atoms with E-state index in [1.807, 2.05) is 0 Å². The Morgan fingerprint density at radius 2 is 0.889 bits per heavy atom. The number of hydrogen-bond acceptors (Lipinski definition) is 4. The maximum absolute atomic E-state index is 7.03. The van der Waals surface area contributed by atoms with Gasteiger partial charge in [0.05, 0.1) is 48.6 Å². The molecule has 8 atom stereocenters. The Kier molecular flexibility index (Phi) is 6.01. The highest BCUT2D eigenvalue weighted by molar-refractivity contribution is 5.53. The van der Waals surface area contributed by atoms with Gasteiger partial charge in [-0.05, 0) is 76.6 Å². The Hall–Kier alpha value is -2.04. The fourth-order valence-corrected chi connectivity index (χ4v) is 8.22. The van der Waals surface area contributed by atoms with Gasteiger partial charge in [0.2, 0.25) is 0 Å². The quantitative estimate of drug-likeness (QED) is 0.479. The minimum absolute atomic E-state index is 0.267. The van der Waals surface area contributed by atoms with E-state index in [0.29, 0.717) is 36.4 Å². The molecule has 5 aliphatic rings. The lowest BCUT2D eigenvalue weighted by Gasteiger charge is -2.61. The molecule has 2 aromatic carbocycles. The van der Waals surface area contributed by atoms with Gasteiger partial charge in [0.15, 0.2) is 0 Å². The van der Waals surface area contributed by atoms with Crippen molar-refractivity contribution in [1.82, 2.24) is 0 Å². The number of nitrogens with zero attached hydrogens (tertiary/aromatic N) is 2. The summed E-state index contributed by atoms with van der Waals surface area (Å²) in [6.45, 7) is 4.38. The van der Waals surface area contributed by atoms with E-state index in [-0.39, 0.29) is 12.2 Å². The van der Waals surface area contributed by atoms with Crippen LogP contribution in [0.1, 0.15) is 75.3 Å². The van der Waals surface area contributed by atoms with Crippen LogP contribution in [-0.4, -0.2) is 48.6 Å². The lowest BCUT2D eigenvalue weighted by molar-refractivity contribution is -0.154. The molecule has 0 spiro atoms. The van der Waals surface area contributed by atoms with E-state index < -0.39 is 0 Å². The first-order chi connectivity index (χ1) is 17.7. The van der Waals surface area contributed by atoms with Gasteiger partial charge in [0.25, 0.3) is 0 Å². The van der Waals surface area contributed by atoms with E-state index in [2.05, 4.69) is 72.2 Å². The monoisotopic (exact) mass is 486 g/mol. The van der Waals surface area contributed by atoms with Gasteiger partial charge in [-0.25, -0.2) is 0 Å². The third kappa shape index (κ3) is 3.96. The number of fused-ring (bicyclic) bond motifs is 4. The molecule has 0 N–H and O–H groups in total. The number of aryl methyl sites for hydroxylation is 2. The number of hydrogen-bond donors (Lipinski definition) is 0. The summed E-state index contributed by atoms with van der Waals surface area (Å²) in [5.74, 6) is 0. The average molecular weight is 487 g/mol. The van der Waals surface area contributed by atoms with Crippen LogP contribution in [0.15, 0.2) is 48.5 Å². The number of benzene rings is 2. The Balaban J connectivity index is 1.25. The van der Waals surface area contributed by atoms with Crippen molar-refractivity contribution in [1.29, 1.82) is 0 Å². The van der Waals surface area contributed by atoms with E-state index in [1.54, 1.807) is 0 Å². The third-order valence-corrected chi connectivity index (χ3v) is 9.93. The van der Waals surface area contributed by atoms with Crippen molar-refractivity contribution in [2.45, 2.75) is 127 Å². The minimum atomic E-state index is 0.267. The van der Waals surface area contributed by atoms with Gasteiger partial charge in [-0.15, -0.1) is 0 Å². The first-order valence-corrected chi connectivity index (χ1v) is 14.7. The van der Waals surface area contributed by atoms with Crippen molar-refractivity contribution >= 4 is 11.4 Å². The molecular formula is C32H42N2O2. The topological polar surface area (TPSA) is 24.9 Å². The van der Waals surface area contributed by atoms with Gasteiger partial charge in [0, 0.05) is 11.4 Å². The van der Waals surface area contributed by atoms with Gasteiger partial charge in [-0.2, -0.15) is 0 Å². The van der Waals surface area contributed by atoms with Gasteiger partial charge in [0.1, 0.15) is 0 Å². The highest BCUT2D eigenvalue weighted by Crippen LogP contribution is 2.47. The summed E-state index contributed by atoms with van der Waals surface area (Å²) < 4.78 is 14.1. The molecule has 36 heavy (non-hydrogen) atoms. The molecule has 0 radical (unpaired) electrons. The van der Waals surface area contributed by atoms with Crippen LogP contribution in [0.3, 0.4) is 0 Å². The molecule has 3 aliphatic carbocycles. The van der Waals surface area contributed by atoms with Crippen LogP contribution < -0.4 is 9.80 Å². The highest BCUT2D eigenvalue weighted by atomic mass is 16.5. The summed E-state index contributed by atoms with van der Waals surface area (Å²) >= 11 is 0. The van der Waals surface area contributed by atoms with Crippen molar-refractivity contribution in [3.05, 3.63) is 59.7 Å². The highest BCUT2D eigenvalue weighted by Gasteiger charge is 2.54. The molecule has 5 fully saturated rings. The Bertz CT molecular complexity index is 967. The fourth-order valence-electron chi connectivity index (χ4n) is 8.22. The zero-order valence-electron chi connectivity index (χ0n) is 22.0. The molecule has 2 heterocycles. The van der Waals surface area contributed by atoms with Crippen molar-refractivity contribution in [3.8, 4) is 0 Å². The maximum atomic E-state index is 7.03. The summed E-state index contributed by atoms with van der Waals surface area (Å²) in [6, 6.07) is 20.3. The lowest BCUT2D eigenvalue weighted by Crippen LogP contribution is -2.71. The standard InChI is InChI=1S/C32H42N2O2/c1-21-11-15-23(16-12-21)33-25-7-3-5-9-29(25)35-31-20-28-32(19-27(31)33)36-30-10-6-4-8-26(30)34(28)24-17-13-22(2)14-18-24/h11-18,25-32H,3-10,19-20H2,1-2H3. The van der Waals surface area contributed by atoms with Gasteiger partial charge >= 0.3 is 0 Å². The molecule has 3 saturated carbocycles. The normalized spacial score (nSPS) is 37.9. The number of anilines is 2. The first-order valence-electron chi connectivity index (χ1n) is 14.7. The average Bonchev–Trinajstić information content (AvgIpc) is 2.91. The van der Waals surface area contributed by atoms with E-state index in [9.17, 15) is 0 Å². The molecule has 2 aromatic rings. The molecule has 7 rings (SSSR count). The summed E-state index contributed by atoms with van der Waals surface area (Å²) in [6.07, 6.45) is 13.5. The summed E-state index contributed by atoms with van der Waals surface area (Å²) in [5, 5.41) is 0. The van der Waals surface area contributed by atoms with Crippen molar-refractivity contribution < 1.29 is 9.47 Å². The maximum Gasteiger partial charge on any atom is 0.0804 e. The van der Waals surface area contributed by atoms with Crippen LogP contribution in [-0.2, 0) is 9.47 Å². The van der Waals surface area contributed by atoms with E-state index in [0.717, 1.165) is 12.8 Å². The second kappa shape index (κ2) is 9.36. The molecular weight excluding hydrogens is 444 g/mol. The third-order valence-electron chi connectivity index (χ3n) is 9.93. The van der Waals surface area contributed by atoms with Crippen molar-refractivity contribution in [2.24, 2.45) is 0 Å². The smallest absolute Gasteiger partial charge is 0.0804 e. The predicted molar refractivity (Wildman–Crippen MR) is 146 cm³/mol. The Labute approximate surface area is 217 Å². The SMILES string of the molecule is Cc1ccc(N2C3CCCCC3OC3CC4C(CC32)OC2CCCCC2N4c2ccc(C)cc2)cc1. The van der Waals surface area contributed by atoms with E-state index in [4.69, 9.17) is 9.47 Å².